The molecule has 3 N–H and O–H groups in total. The normalized spacial score (nSPS) is 21.0. The first-order valence-electron chi connectivity index (χ1n) is 15.0. The zero-order valence-corrected chi connectivity index (χ0v) is 25.6. The number of rotatable bonds is 13. The molecular formula is C31H47N5O6. The molecule has 4 atom stereocenters. The topological polar surface area (TPSA) is 137 Å². The number of ether oxygens (including phenoxy) is 1. The molecule has 11 nitrogen and oxygen atoms in total. The van der Waals surface area contributed by atoms with Crippen molar-refractivity contribution in [3.05, 3.63) is 35.9 Å². The van der Waals surface area contributed by atoms with Crippen molar-refractivity contribution in [2.45, 2.75) is 91.0 Å². The van der Waals surface area contributed by atoms with E-state index in [2.05, 4.69) is 16.0 Å². The second kappa shape index (κ2) is 15.2. The summed E-state index contributed by atoms with van der Waals surface area (Å²) >= 11 is 0. The average molecular weight is 586 g/mol. The fraction of sp³-hybridized carbons (Fsp3) is 0.645. The molecule has 2 fully saturated rings. The number of unbranched alkanes of at least 4 members (excludes halogenated alkanes) is 1. The van der Waals surface area contributed by atoms with Crippen LogP contribution in [0.5, 0.6) is 0 Å². The van der Waals surface area contributed by atoms with Crippen molar-refractivity contribution >= 4 is 29.4 Å². The van der Waals surface area contributed by atoms with Gasteiger partial charge in [-0.25, -0.2) is 0 Å². The number of hydrogen-bond donors (Lipinski definition) is 3. The molecular weight excluding hydrogens is 538 g/mol. The van der Waals surface area contributed by atoms with E-state index in [4.69, 9.17) is 4.74 Å². The predicted octanol–water partition coefficient (Wildman–Crippen LogP) is 1.40. The summed E-state index contributed by atoms with van der Waals surface area (Å²) in [5.41, 5.74) is 0.247. The van der Waals surface area contributed by atoms with E-state index in [1.54, 1.807) is 0 Å². The minimum Gasteiger partial charge on any atom is -0.379 e. The Kier molecular flexibility index (Phi) is 12.0. The summed E-state index contributed by atoms with van der Waals surface area (Å²) in [6, 6.07) is 6.27. The maximum absolute atomic E-state index is 13.6. The summed E-state index contributed by atoms with van der Waals surface area (Å²) in [5, 5.41) is 8.39. The molecule has 1 aromatic carbocycles. The van der Waals surface area contributed by atoms with Crippen molar-refractivity contribution in [3.63, 3.8) is 0 Å². The van der Waals surface area contributed by atoms with Crippen molar-refractivity contribution in [1.82, 2.24) is 25.8 Å². The molecule has 0 spiro atoms. The molecule has 1 unspecified atom stereocenters. The smallest absolute Gasteiger partial charge is 0.289 e. The number of hydrogen-bond acceptors (Lipinski definition) is 7. The van der Waals surface area contributed by atoms with E-state index in [1.165, 1.54) is 4.90 Å². The van der Waals surface area contributed by atoms with Gasteiger partial charge in [0, 0.05) is 25.7 Å². The molecule has 0 radical (unpaired) electrons. The number of nitrogens with zero attached hydrogens (tertiary/aromatic N) is 2. The van der Waals surface area contributed by atoms with Gasteiger partial charge in [0.1, 0.15) is 18.1 Å². The third-order valence-corrected chi connectivity index (χ3v) is 7.81. The van der Waals surface area contributed by atoms with Crippen LogP contribution < -0.4 is 16.0 Å². The Bertz CT molecular complexity index is 1100. The number of ketones is 1. The van der Waals surface area contributed by atoms with Gasteiger partial charge in [0.15, 0.2) is 0 Å². The highest BCUT2D eigenvalue weighted by molar-refractivity contribution is 6.38. The van der Waals surface area contributed by atoms with Gasteiger partial charge in [-0.1, -0.05) is 70.9 Å². The van der Waals surface area contributed by atoms with E-state index in [0.29, 0.717) is 45.6 Å². The van der Waals surface area contributed by atoms with Crippen LogP contribution in [0, 0.1) is 5.41 Å². The summed E-state index contributed by atoms with van der Waals surface area (Å²) < 4.78 is 5.34. The van der Waals surface area contributed by atoms with Crippen LogP contribution in [0.2, 0.25) is 0 Å². The summed E-state index contributed by atoms with van der Waals surface area (Å²) in [7, 11) is 0. The molecule has 11 heteroatoms. The lowest BCUT2D eigenvalue weighted by atomic mass is 9.85. The summed E-state index contributed by atoms with van der Waals surface area (Å²) in [6.07, 6.45) is 2.11. The Morgan fingerprint density at radius 3 is 2.36 bits per heavy atom. The zero-order chi connectivity index (χ0) is 30.9. The molecule has 42 heavy (non-hydrogen) atoms. The Labute approximate surface area is 249 Å². The third kappa shape index (κ3) is 9.09. The first kappa shape index (κ1) is 33.2. The Balaban J connectivity index is 1.67. The van der Waals surface area contributed by atoms with Crippen LogP contribution in [0.1, 0.15) is 65.9 Å². The summed E-state index contributed by atoms with van der Waals surface area (Å²) in [4.78, 5) is 69.6. The van der Waals surface area contributed by atoms with Crippen molar-refractivity contribution in [2.24, 2.45) is 5.41 Å². The maximum Gasteiger partial charge on any atom is 0.289 e. The van der Waals surface area contributed by atoms with Crippen LogP contribution in [0.3, 0.4) is 0 Å². The van der Waals surface area contributed by atoms with Crippen LogP contribution in [-0.2, 0) is 35.3 Å². The third-order valence-electron chi connectivity index (χ3n) is 7.81. The lowest BCUT2D eigenvalue weighted by Gasteiger charge is -2.33. The molecule has 4 amide bonds. The molecule has 2 aliphatic heterocycles. The van der Waals surface area contributed by atoms with Gasteiger partial charge >= 0.3 is 0 Å². The van der Waals surface area contributed by atoms with Crippen LogP contribution in [0.25, 0.3) is 0 Å². The SMILES string of the molecule is CCCC[C@@H](C(=O)C(=O)NCc1ccccc1)N1C(=O)[C@@H](NC(=O)[C@@H](NC(=O)CN2CCOCC2)C(C)(C)C)CC1C. The molecule has 2 heterocycles. The number of morpholine rings is 1. The quantitative estimate of drug-likeness (QED) is 0.298. The Hall–Kier alpha value is -3.31. The van der Waals surface area contributed by atoms with E-state index in [0.717, 1.165) is 12.0 Å². The molecule has 0 bridgehead atoms. The summed E-state index contributed by atoms with van der Waals surface area (Å²) in [6.45, 7) is 12.1. The minimum absolute atomic E-state index is 0.157. The van der Waals surface area contributed by atoms with E-state index >= 15 is 0 Å². The number of Topliss-reactive ketones (excluding diaryl/α,β-unsaturated/α-hetero) is 1. The summed E-state index contributed by atoms with van der Waals surface area (Å²) in [5.74, 6) is -2.51. The zero-order valence-electron chi connectivity index (χ0n) is 25.6. The van der Waals surface area contributed by atoms with Gasteiger partial charge in [0.25, 0.3) is 5.91 Å². The molecule has 2 saturated heterocycles. The molecule has 232 valence electrons. The number of amides is 4. The number of likely N-dealkylation sites (tertiary alicyclic amines) is 1. The highest BCUT2D eigenvalue weighted by Crippen LogP contribution is 2.26. The first-order valence-corrected chi connectivity index (χ1v) is 15.0. The molecule has 3 rings (SSSR count). The largest absolute Gasteiger partial charge is 0.379 e. The van der Waals surface area contributed by atoms with Gasteiger partial charge in [-0.2, -0.15) is 0 Å². The van der Waals surface area contributed by atoms with Gasteiger partial charge in [0.05, 0.1) is 19.8 Å². The van der Waals surface area contributed by atoms with Crippen molar-refractivity contribution in [2.75, 3.05) is 32.8 Å². The molecule has 2 aliphatic rings. The highest BCUT2D eigenvalue weighted by atomic mass is 16.5. The monoisotopic (exact) mass is 585 g/mol. The van der Waals surface area contributed by atoms with E-state index in [1.807, 2.05) is 69.9 Å². The average Bonchev–Trinajstić information content (AvgIpc) is 3.22. The van der Waals surface area contributed by atoms with Crippen molar-refractivity contribution in [1.29, 1.82) is 0 Å². The first-order chi connectivity index (χ1) is 19.9. The number of benzene rings is 1. The van der Waals surface area contributed by atoms with Crippen LogP contribution in [0.15, 0.2) is 30.3 Å². The lowest BCUT2D eigenvalue weighted by Crippen LogP contribution is -2.58. The van der Waals surface area contributed by atoms with E-state index in [-0.39, 0.29) is 25.0 Å². The van der Waals surface area contributed by atoms with Crippen molar-refractivity contribution in [3.8, 4) is 0 Å². The number of nitrogens with one attached hydrogen (secondary N) is 3. The molecule has 1 aromatic rings. The standard InChI is InChI=1S/C31H47N5O6/c1-6-7-13-24(26(38)28(39)32-19-22-11-9-8-10-12-22)36-21(2)18-23(30(36)41)33-29(40)27(31(3,4)5)34-25(37)20-35-14-16-42-17-15-35/h8-12,21,23-24,27H,6-7,13-20H2,1-5H3,(H,32,39)(H,33,40)(H,34,37)/t21?,23-,24-,27+/m0/s1. The highest BCUT2D eigenvalue weighted by Gasteiger charge is 2.46. The van der Waals surface area contributed by atoms with Crippen LogP contribution >= 0.6 is 0 Å². The fourth-order valence-electron chi connectivity index (χ4n) is 5.44. The predicted molar refractivity (Wildman–Crippen MR) is 158 cm³/mol. The number of carbonyl (C=O) groups excluding carboxylic acids is 5. The van der Waals surface area contributed by atoms with E-state index in [9.17, 15) is 24.0 Å². The fourth-order valence-corrected chi connectivity index (χ4v) is 5.44. The van der Waals surface area contributed by atoms with Gasteiger partial charge in [-0.05, 0) is 30.7 Å². The second-order valence-corrected chi connectivity index (χ2v) is 12.3. The Morgan fingerprint density at radius 2 is 1.74 bits per heavy atom. The molecule has 0 aromatic heterocycles. The van der Waals surface area contributed by atoms with Crippen LogP contribution in [0.4, 0.5) is 0 Å². The van der Waals surface area contributed by atoms with Gasteiger partial charge in [-0.15, -0.1) is 0 Å². The van der Waals surface area contributed by atoms with Gasteiger partial charge in [0.2, 0.25) is 23.5 Å². The second-order valence-electron chi connectivity index (χ2n) is 12.3. The maximum atomic E-state index is 13.6. The minimum atomic E-state index is -0.920. The molecule has 0 aliphatic carbocycles. The lowest BCUT2D eigenvalue weighted by molar-refractivity contribution is -0.146. The van der Waals surface area contributed by atoms with Crippen molar-refractivity contribution < 1.29 is 28.7 Å². The van der Waals surface area contributed by atoms with Gasteiger partial charge < -0.3 is 25.6 Å². The molecule has 0 saturated carbocycles. The van der Waals surface area contributed by atoms with E-state index < -0.39 is 47.0 Å². The number of carbonyl (C=O) groups is 5. The Morgan fingerprint density at radius 1 is 1.07 bits per heavy atom. The van der Waals surface area contributed by atoms with Crippen LogP contribution in [-0.4, -0.2) is 96.2 Å². The van der Waals surface area contributed by atoms with Gasteiger partial charge in [-0.3, -0.25) is 28.9 Å².